The Labute approximate surface area is 110 Å². The van der Waals surface area contributed by atoms with Gasteiger partial charge < -0.3 is 14.8 Å². The fraction of sp³-hybridized carbons (Fsp3) is 0.167. The number of carbonyl (C=O) groups is 2. The van der Waals surface area contributed by atoms with Crippen LogP contribution in [0.15, 0.2) is 40.9 Å². The van der Waals surface area contributed by atoms with E-state index >= 15 is 0 Å². The summed E-state index contributed by atoms with van der Waals surface area (Å²) in [6.45, 7) is 0. The van der Waals surface area contributed by atoms with Crippen molar-refractivity contribution < 1.29 is 19.1 Å². The number of hydrogen-bond acceptors (Lipinski definition) is 6. The van der Waals surface area contributed by atoms with Crippen LogP contribution in [0.2, 0.25) is 0 Å². The summed E-state index contributed by atoms with van der Waals surface area (Å²) in [5.41, 5.74) is 0.603. The number of anilines is 1. The number of thiol groups is 1. The van der Waals surface area contributed by atoms with E-state index in [1.54, 1.807) is 24.3 Å². The molecule has 0 amide bonds. The molecule has 0 saturated heterocycles. The molecule has 1 aromatic rings. The highest BCUT2D eigenvalue weighted by Crippen LogP contribution is 2.15. The first-order valence-electron chi connectivity index (χ1n) is 5.01. The molecule has 1 aromatic carbocycles. The minimum atomic E-state index is -0.662. The number of hydrogen-bond donors (Lipinski definition) is 2. The number of ether oxygens (including phenoxy) is 2. The molecule has 0 spiro atoms. The Morgan fingerprint density at radius 1 is 1.28 bits per heavy atom. The van der Waals surface area contributed by atoms with Gasteiger partial charge in [-0.15, -0.1) is 12.6 Å². The van der Waals surface area contributed by atoms with Gasteiger partial charge in [-0.2, -0.15) is 0 Å². The molecule has 6 heteroatoms. The van der Waals surface area contributed by atoms with Gasteiger partial charge in [-0.25, -0.2) is 9.59 Å². The van der Waals surface area contributed by atoms with Gasteiger partial charge in [-0.05, 0) is 18.2 Å². The van der Waals surface area contributed by atoms with Crippen molar-refractivity contribution in [2.24, 2.45) is 0 Å². The molecule has 0 saturated carbocycles. The van der Waals surface area contributed by atoms with E-state index in [4.69, 9.17) is 0 Å². The zero-order valence-electron chi connectivity index (χ0n) is 9.97. The summed E-state index contributed by atoms with van der Waals surface area (Å²) in [5.74, 6) is -1.31. The van der Waals surface area contributed by atoms with Crippen LogP contribution < -0.4 is 5.32 Å². The van der Waals surface area contributed by atoms with Crippen molar-refractivity contribution in [2.75, 3.05) is 19.5 Å². The Bertz CT molecular complexity index is 485. The van der Waals surface area contributed by atoms with Crippen molar-refractivity contribution in [2.45, 2.75) is 4.90 Å². The van der Waals surface area contributed by atoms with Crippen molar-refractivity contribution in [1.29, 1.82) is 0 Å². The van der Waals surface area contributed by atoms with Crippen LogP contribution in [-0.4, -0.2) is 26.2 Å². The Hall–Kier alpha value is -1.95. The standard InChI is InChI=1S/C12H13NO4S/c1-16-11(14)7-10(12(15)17-2)13-8-4-3-5-9(18)6-8/h3-7,13,18H,1-2H3/b10-7+. The molecule has 1 N–H and O–H groups in total. The molecule has 0 bridgehead atoms. The molecule has 0 atom stereocenters. The fourth-order valence-corrected chi connectivity index (χ4v) is 1.40. The molecule has 0 aliphatic heterocycles. The molecule has 0 aliphatic carbocycles. The lowest BCUT2D eigenvalue weighted by molar-refractivity contribution is -0.138. The quantitative estimate of drug-likeness (QED) is 0.493. The average Bonchev–Trinajstić information content (AvgIpc) is 2.36. The monoisotopic (exact) mass is 267 g/mol. The third-order valence-electron chi connectivity index (χ3n) is 1.99. The molecule has 0 radical (unpaired) electrons. The van der Waals surface area contributed by atoms with E-state index in [0.717, 1.165) is 11.0 Å². The van der Waals surface area contributed by atoms with Gasteiger partial charge in [-0.3, -0.25) is 0 Å². The molecule has 0 aliphatic rings. The average molecular weight is 267 g/mol. The van der Waals surface area contributed by atoms with Crippen LogP contribution >= 0.6 is 12.6 Å². The number of carbonyl (C=O) groups excluding carboxylic acids is 2. The summed E-state index contributed by atoms with van der Waals surface area (Å²) in [6.07, 6.45) is 1.02. The van der Waals surface area contributed by atoms with Gasteiger partial charge in [-0.1, -0.05) is 6.07 Å². The first-order chi connectivity index (χ1) is 8.56. The van der Waals surface area contributed by atoms with Crippen molar-refractivity contribution in [3.8, 4) is 0 Å². The van der Waals surface area contributed by atoms with Crippen LogP contribution in [-0.2, 0) is 19.1 Å². The maximum Gasteiger partial charge on any atom is 0.354 e. The van der Waals surface area contributed by atoms with E-state index < -0.39 is 11.9 Å². The second-order valence-corrected chi connectivity index (χ2v) is 3.76. The minimum absolute atomic E-state index is 0.0108. The lowest BCUT2D eigenvalue weighted by Crippen LogP contribution is -2.15. The molecule has 0 heterocycles. The summed E-state index contributed by atoms with van der Waals surface area (Å²) < 4.78 is 9.02. The normalized spacial score (nSPS) is 10.7. The predicted octanol–water partition coefficient (Wildman–Crippen LogP) is 1.62. The summed E-state index contributed by atoms with van der Waals surface area (Å²) >= 11 is 4.17. The highest BCUT2D eigenvalue weighted by Gasteiger charge is 2.12. The lowest BCUT2D eigenvalue weighted by Gasteiger charge is -2.09. The zero-order valence-corrected chi connectivity index (χ0v) is 10.9. The number of benzene rings is 1. The van der Waals surface area contributed by atoms with E-state index in [0.29, 0.717) is 5.69 Å². The smallest absolute Gasteiger partial charge is 0.354 e. The largest absolute Gasteiger partial charge is 0.466 e. The molecule has 1 rings (SSSR count). The Morgan fingerprint density at radius 2 is 2.00 bits per heavy atom. The van der Waals surface area contributed by atoms with E-state index in [1.807, 2.05) is 0 Å². The summed E-state index contributed by atoms with van der Waals surface area (Å²) in [5, 5.41) is 2.77. The maximum absolute atomic E-state index is 11.5. The molecule has 0 unspecified atom stereocenters. The Balaban J connectivity index is 2.95. The molecule has 18 heavy (non-hydrogen) atoms. The van der Waals surface area contributed by atoms with Crippen LogP contribution in [0.5, 0.6) is 0 Å². The fourth-order valence-electron chi connectivity index (χ4n) is 1.17. The highest BCUT2D eigenvalue weighted by molar-refractivity contribution is 7.80. The first kappa shape index (κ1) is 14.1. The highest BCUT2D eigenvalue weighted by atomic mass is 32.1. The van der Waals surface area contributed by atoms with E-state index in [2.05, 4.69) is 27.4 Å². The molecule has 0 fully saturated rings. The van der Waals surface area contributed by atoms with Crippen LogP contribution in [0.4, 0.5) is 5.69 Å². The van der Waals surface area contributed by atoms with Gasteiger partial charge in [0.2, 0.25) is 0 Å². The van der Waals surface area contributed by atoms with E-state index in [9.17, 15) is 9.59 Å². The number of rotatable bonds is 4. The van der Waals surface area contributed by atoms with E-state index in [-0.39, 0.29) is 5.70 Å². The predicted molar refractivity (Wildman–Crippen MR) is 69.4 cm³/mol. The summed E-state index contributed by atoms with van der Waals surface area (Å²) in [6, 6.07) is 6.98. The molecule has 5 nitrogen and oxygen atoms in total. The molecule has 0 aromatic heterocycles. The number of methoxy groups -OCH3 is 2. The van der Waals surface area contributed by atoms with Gasteiger partial charge in [0.25, 0.3) is 0 Å². The topological polar surface area (TPSA) is 64.6 Å². The van der Waals surface area contributed by atoms with Crippen LogP contribution in [0.3, 0.4) is 0 Å². The van der Waals surface area contributed by atoms with Crippen molar-refractivity contribution >= 4 is 30.3 Å². The first-order valence-corrected chi connectivity index (χ1v) is 5.45. The zero-order chi connectivity index (χ0) is 13.5. The third-order valence-corrected chi connectivity index (χ3v) is 2.27. The molecular formula is C12H13NO4S. The second-order valence-electron chi connectivity index (χ2n) is 3.25. The van der Waals surface area contributed by atoms with Crippen LogP contribution in [0.1, 0.15) is 0 Å². The minimum Gasteiger partial charge on any atom is -0.466 e. The Morgan fingerprint density at radius 3 is 2.56 bits per heavy atom. The van der Waals surface area contributed by atoms with Gasteiger partial charge in [0, 0.05) is 10.6 Å². The Kier molecular flexibility index (Phi) is 5.26. The second kappa shape index (κ2) is 6.70. The van der Waals surface area contributed by atoms with Crippen molar-refractivity contribution in [1.82, 2.24) is 0 Å². The van der Waals surface area contributed by atoms with Gasteiger partial charge in [0.15, 0.2) is 0 Å². The van der Waals surface area contributed by atoms with Crippen LogP contribution in [0, 0.1) is 0 Å². The lowest BCUT2D eigenvalue weighted by atomic mass is 10.3. The van der Waals surface area contributed by atoms with Crippen molar-refractivity contribution in [3.63, 3.8) is 0 Å². The van der Waals surface area contributed by atoms with Crippen LogP contribution in [0.25, 0.3) is 0 Å². The van der Waals surface area contributed by atoms with Gasteiger partial charge >= 0.3 is 11.9 Å². The van der Waals surface area contributed by atoms with Gasteiger partial charge in [0.05, 0.1) is 20.3 Å². The van der Waals surface area contributed by atoms with E-state index in [1.165, 1.54) is 14.2 Å². The van der Waals surface area contributed by atoms with Crippen molar-refractivity contribution in [3.05, 3.63) is 36.0 Å². The number of nitrogens with one attached hydrogen (secondary N) is 1. The molecular weight excluding hydrogens is 254 g/mol. The summed E-state index contributed by atoms with van der Waals surface area (Å²) in [4.78, 5) is 23.3. The number of esters is 2. The molecule has 96 valence electrons. The SMILES string of the molecule is COC(=O)/C=C(/Nc1cccc(S)c1)C(=O)OC. The van der Waals surface area contributed by atoms with Gasteiger partial charge in [0.1, 0.15) is 5.70 Å². The summed E-state index contributed by atoms with van der Waals surface area (Å²) in [7, 11) is 2.45. The third kappa shape index (κ3) is 4.14. The maximum atomic E-state index is 11.5.